The molecule has 2 fully saturated rings. The Morgan fingerprint density at radius 3 is 3.05 bits per heavy atom. The molecule has 2 aromatic rings. The van der Waals surface area contributed by atoms with Crippen LogP contribution in [0.3, 0.4) is 0 Å². The second kappa shape index (κ2) is 5.49. The van der Waals surface area contributed by atoms with E-state index in [1.54, 1.807) is 11.3 Å². The lowest BCUT2D eigenvalue weighted by Gasteiger charge is -2.33. The lowest BCUT2D eigenvalue weighted by Crippen LogP contribution is -2.53. The molecule has 0 aliphatic carbocycles. The van der Waals surface area contributed by atoms with Gasteiger partial charge in [-0.05, 0) is 12.5 Å². The van der Waals surface area contributed by atoms with Gasteiger partial charge in [-0.15, -0.1) is 11.3 Å². The number of benzene rings is 1. The van der Waals surface area contributed by atoms with E-state index in [-0.39, 0.29) is 18.1 Å². The van der Waals surface area contributed by atoms with Gasteiger partial charge >= 0.3 is 0 Å². The minimum Gasteiger partial charge on any atom is -0.362 e. The van der Waals surface area contributed by atoms with Gasteiger partial charge in [0.05, 0.1) is 10.6 Å². The second-order valence-electron chi connectivity index (χ2n) is 6.04. The highest BCUT2D eigenvalue weighted by atomic mass is 35.5. The van der Waals surface area contributed by atoms with Crippen LogP contribution in [0.1, 0.15) is 11.3 Å². The first-order valence-electron chi connectivity index (χ1n) is 7.44. The quantitative estimate of drug-likeness (QED) is 0.916. The number of likely N-dealkylation sites (tertiary alicyclic amines) is 1. The summed E-state index contributed by atoms with van der Waals surface area (Å²) in [5.41, 5.74) is -0.211. The summed E-state index contributed by atoms with van der Waals surface area (Å²) in [6.45, 7) is 3.45. The fourth-order valence-corrected chi connectivity index (χ4v) is 4.81. The topological polar surface area (TPSA) is 41.6 Å². The molecule has 1 aromatic carbocycles. The molecule has 6 heteroatoms. The minimum absolute atomic E-state index is 0.0170. The van der Waals surface area contributed by atoms with E-state index in [0.29, 0.717) is 6.54 Å². The summed E-state index contributed by atoms with van der Waals surface area (Å²) in [5.74, 6) is -0.0170. The van der Waals surface area contributed by atoms with E-state index in [2.05, 4.69) is 22.3 Å². The number of hydrogen-bond donors (Lipinski definition) is 1. The van der Waals surface area contributed by atoms with Crippen molar-refractivity contribution >= 4 is 38.9 Å². The van der Waals surface area contributed by atoms with Gasteiger partial charge in [-0.2, -0.15) is 0 Å². The summed E-state index contributed by atoms with van der Waals surface area (Å²) in [6, 6.07) is 8.25. The summed E-state index contributed by atoms with van der Waals surface area (Å²) in [6.07, 6.45) is 0.954. The van der Waals surface area contributed by atoms with Crippen molar-refractivity contribution < 1.29 is 9.53 Å². The van der Waals surface area contributed by atoms with E-state index in [1.165, 1.54) is 9.58 Å². The number of nitrogens with zero attached hydrogens (tertiary/aromatic N) is 1. The van der Waals surface area contributed by atoms with E-state index in [4.69, 9.17) is 16.3 Å². The third-order valence-corrected chi connectivity index (χ3v) is 6.18. The number of ether oxygens (including phenoxy) is 1. The summed E-state index contributed by atoms with van der Waals surface area (Å²) in [4.78, 5) is 14.8. The first kappa shape index (κ1) is 14.5. The number of amides is 1. The molecule has 1 N–H and O–H groups in total. The Kier molecular flexibility index (Phi) is 3.61. The van der Waals surface area contributed by atoms with E-state index < -0.39 is 0 Å². The van der Waals surface area contributed by atoms with Crippen LogP contribution in [0.15, 0.2) is 24.3 Å². The molecule has 4 nitrogen and oxygen atoms in total. The molecule has 4 rings (SSSR count). The zero-order valence-electron chi connectivity index (χ0n) is 12.1. The largest absolute Gasteiger partial charge is 0.362 e. The summed E-state index contributed by atoms with van der Waals surface area (Å²) in [7, 11) is 0. The molecular weight excluding hydrogens is 320 g/mol. The Hall–Kier alpha value is -1.14. The van der Waals surface area contributed by atoms with Crippen molar-refractivity contribution in [2.75, 3.05) is 26.2 Å². The normalized spacial score (nSPS) is 26.0. The van der Waals surface area contributed by atoms with Gasteiger partial charge in [0.1, 0.15) is 6.61 Å². The van der Waals surface area contributed by atoms with Gasteiger partial charge in [-0.1, -0.05) is 29.8 Å². The Bertz CT molecular complexity index is 720. The molecule has 22 heavy (non-hydrogen) atoms. The molecule has 0 radical (unpaired) electrons. The summed E-state index contributed by atoms with van der Waals surface area (Å²) >= 11 is 8.29. The minimum atomic E-state index is -0.211. The van der Waals surface area contributed by atoms with Crippen molar-refractivity contribution in [3.05, 3.63) is 34.2 Å². The lowest BCUT2D eigenvalue weighted by molar-refractivity contribution is -0.142. The van der Waals surface area contributed by atoms with Gasteiger partial charge < -0.3 is 10.1 Å². The standard InChI is InChI=1S/C16H17ClN2O2S/c17-15-11-3-1-2-4-12(11)22-13(15)7-19-6-5-16(10-19)9-18-14(20)8-21-16/h1-4H,5-10H2,(H,18,20). The molecule has 2 aliphatic rings. The van der Waals surface area contributed by atoms with Crippen molar-refractivity contribution in [3.63, 3.8) is 0 Å². The molecule has 0 bridgehead atoms. The van der Waals surface area contributed by atoms with Gasteiger partial charge in [-0.3, -0.25) is 9.69 Å². The zero-order chi connectivity index (χ0) is 15.2. The maximum Gasteiger partial charge on any atom is 0.246 e. The van der Waals surface area contributed by atoms with Crippen LogP contribution in [0.2, 0.25) is 5.02 Å². The molecule has 0 saturated carbocycles. The highest BCUT2D eigenvalue weighted by Crippen LogP contribution is 2.37. The number of halogens is 1. The van der Waals surface area contributed by atoms with Gasteiger partial charge in [0.25, 0.3) is 0 Å². The number of hydrogen-bond acceptors (Lipinski definition) is 4. The molecule has 1 aromatic heterocycles. The first-order chi connectivity index (χ1) is 10.7. The van der Waals surface area contributed by atoms with Crippen LogP contribution < -0.4 is 5.32 Å². The first-order valence-corrected chi connectivity index (χ1v) is 8.64. The third-order valence-electron chi connectivity index (χ3n) is 4.48. The Balaban J connectivity index is 1.50. The second-order valence-corrected chi connectivity index (χ2v) is 7.56. The van der Waals surface area contributed by atoms with Crippen LogP contribution in [0.25, 0.3) is 10.1 Å². The number of morpholine rings is 1. The number of thiophene rings is 1. The van der Waals surface area contributed by atoms with Crippen LogP contribution in [0.5, 0.6) is 0 Å². The molecule has 1 atom stereocenters. The van der Waals surface area contributed by atoms with Crippen LogP contribution >= 0.6 is 22.9 Å². The van der Waals surface area contributed by atoms with E-state index in [0.717, 1.165) is 36.5 Å². The maximum atomic E-state index is 11.3. The van der Waals surface area contributed by atoms with Gasteiger partial charge in [0, 0.05) is 41.1 Å². The Morgan fingerprint density at radius 2 is 2.27 bits per heavy atom. The number of fused-ring (bicyclic) bond motifs is 1. The maximum absolute atomic E-state index is 11.3. The predicted molar refractivity (Wildman–Crippen MR) is 88.4 cm³/mol. The van der Waals surface area contributed by atoms with Crippen molar-refractivity contribution in [1.29, 1.82) is 0 Å². The van der Waals surface area contributed by atoms with Crippen LogP contribution in [-0.4, -0.2) is 42.6 Å². The lowest BCUT2D eigenvalue weighted by atomic mass is 10.0. The number of nitrogens with one attached hydrogen (secondary N) is 1. The van der Waals surface area contributed by atoms with Crippen LogP contribution in [0.4, 0.5) is 0 Å². The monoisotopic (exact) mass is 336 g/mol. The molecule has 2 aliphatic heterocycles. The van der Waals surface area contributed by atoms with Gasteiger partial charge in [0.15, 0.2) is 0 Å². The molecule has 1 unspecified atom stereocenters. The average molecular weight is 337 g/mol. The Morgan fingerprint density at radius 1 is 1.41 bits per heavy atom. The SMILES string of the molecule is O=C1COC2(CCN(Cc3sc4ccccc4c3Cl)C2)CN1. The van der Waals surface area contributed by atoms with E-state index in [1.807, 2.05) is 12.1 Å². The third kappa shape index (κ3) is 2.52. The molecule has 116 valence electrons. The molecule has 3 heterocycles. The van der Waals surface area contributed by atoms with Crippen LogP contribution in [0, 0.1) is 0 Å². The number of carbonyl (C=O) groups excluding carboxylic acids is 1. The molecule has 1 amide bonds. The van der Waals surface area contributed by atoms with Gasteiger partial charge in [-0.25, -0.2) is 0 Å². The predicted octanol–water partition coefficient (Wildman–Crippen LogP) is 2.65. The van der Waals surface area contributed by atoms with E-state index in [9.17, 15) is 4.79 Å². The average Bonchev–Trinajstić information content (AvgIpc) is 3.06. The van der Waals surface area contributed by atoms with Gasteiger partial charge in [0.2, 0.25) is 5.91 Å². The Labute approximate surface area is 138 Å². The zero-order valence-corrected chi connectivity index (χ0v) is 13.7. The molecular formula is C16H17ClN2O2S. The molecule has 2 saturated heterocycles. The van der Waals surface area contributed by atoms with E-state index >= 15 is 0 Å². The summed E-state index contributed by atoms with van der Waals surface area (Å²) < 4.78 is 7.05. The van der Waals surface area contributed by atoms with Crippen molar-refractivity contribution in [2.24, 2.45) is 0 Å². The fourth-order valence-electron chi connectivity index (χ4n) is 3.27. The highest BCUT2D eigenvalue weighted by molar-refractivity contribution is 7.19. The smallest absolute Gasteiger partial charge is 0.246 e. The molecule has 1 spiro atoms. The number of rotatable bonds is 2. The van der Waals surface area contributed by atoms with Crippen molar-refractivity contribution in [2.45, 2.75) is 18.6 Å². The van der Waals surface area contributed by atoms with Crippen molar-refractivity contribution in [1.82, 2.24) is 10.2 Å². The summed E-state index contributed by atoms with van der Waals surface area (Å²) in [5, 5.41) is 4.93. The van der Waals surface area contributed by atoms with Crippen molar-refractivity contribution in [3.8, 4) is 0 Å². The highest BCUT2D eigenvalue weighted by Gasteiger charge is 2.42. The fraction of sp³-hybridized carbons (Fsp3) is 0.438. The number of carbonyl (C=O) groups is 1. The van der Waals surface area contributed by atoms with Crippen LogP contribution in [-0.2, 0) is 16.1 Å².